The summed E-state index contributed by atoms with van der Waals surface area (Å²) in [6, 6.07) is 13.9. The van der Waals surface area contributed by atoms with Crippen molar-refractivity contribution in [3.8, 4) is 11.5 Å². The lowest BCUT2D eigenvalue weighted by molar-refractivity contribution is -0.270. The molecule has 0 aliphatic carbocycles. The van der Waals surface area contributed by atoms with Crippen LogP contribution in [0.5, 0.6) is 11.5 Å². The lowest BCUT2D eigenvalue weighted by Gasteiger charge is -2.45. The highest BCUT2D eigenvalue weighted by atomic mass is 35.6. The summed E-state index contributed by atoms with van der Waals surface area (Å²) in [4.78, 5) is 84.7. The van der Waals surface area contributed by atoms with E-state index in [2.05, 4.69) is 38.3 Å². The zero-order valence-corrected chi connectivity index (χ0v) is 73.2. The van der Waals surface area contributed by atoms with E-state index < -0.39 is 114 Å². The summed E-state index contributed by atoms with van der Waals surface area (Å²) in [7, 11) is -5.15. The minimum Gasteiger partial charge on any atom is -0.462 e. The average Bonchev–Trinajstić information content (AvgIpc) is 0.771. The van der Waals surface area contributed by atoms with Crippen LogP contribution < -0.4 is 19.7 Å². The number of hydrogen-bond acceptors (Lipinski definition) is 18. The van der Waals surface area contributed by atoms with Crippen LogP contribution in [0.25, 0.3) is 0 Å². The van der Waals surface area contributed by atoms with Gasteiger partial charge in [0.25, 0.3) is 0 Å². The fourth-order valence-electron chi connectivity index (χ4n) is 13.0. The Morgan fingerprint density at radius 1 is 0.486 bits per heavy atom. The van der Waals surface area contributed by atoms with Crippen molar-refractivity contribution < 1.29 is 84.8 Å². The Hall–Kier alpha value is -3.69. The Morgan fingerprint density at radius 3 is 1.27 bits per heavy atom. The maximum atomic E-state index is 15.8. The van der Waals surface area contributed by atoms with E-state index in [9.17, 15) is 24.0 Å². The maximum Gasteiger partial charge on any atom is 0.588 e. The smallest absolute Gasteiger partial charge is 0.462 e. The summed E-state index contributed by atoms with van der Waals surface area (Å²) < 4.78 is 78.6. The molecule has 0 aromatic heterocycles. The summed E-state index contributed by atoms with van der Waals surface area (Å²) >= 11 is 37.0. The molecule has 1 saturated heterocycles. The molecule has 20 nitrogen and oxygen atoms in total. The van der Waals surface area contributed by atoms with Gasteiger partial charge in [0.1, 0.15) is 55.2 Å². The molecule has 0 spiro atoms. The van der Waals surface area contributed by atoms with Crippen molar-refractivity contribution in [1.29, 1.82) is 0 Å². The lowest BCUT2D eigenvalue weighted by Crippen LogP contribution is -2.66. The quantitative estimate of drug-likeness (QED) is 0.0205. The number of para-hydroxylation sites is 2. The van der Waals surface area contributed by atoms with E-state index in [1.807, 2.05) is 0 Å². The van der Waals surface area contributed by atoms with Crippen molar-refractivity contribution in [3.05, 3.63) is 60.7 Å². The van der Waals surface area contributed by atoms with Gasteiger partial charge in [0.15, 0.2) is 18.0 Å². The molecule has 0 saturated carbocycles. The van der Waals surface area contributed by atoms with Gasteiger partial charge in [-0.25, -0.2) is 14.2 Å². The van der Waals surface area contributed by atoms with Crippen molar-refractivity contribution in [2.75, 3.05) is 26.4 Å². The Labute approximate surface area is 695 Å². The first-order chi connectivity index (χ1) is 53.3. The molecule has 7 atom stereocenters. The van der Waals surface area contributed by atoms with E-state index in [0.29, 0.717) is 25.7 Å². The molecule has 1 heterocycles. The molecule has 0 radical (unpaired) electrons. The van der Waals surface area contributed by atoms with Gasteiger partial charge in [-0.3, -0.25) is 23.7 Å². The number of phosphoric ester groups is 1. The van der Waals surface area contributed by atoms with Gasteiger partial charge >= 0.3 is 38.0 Å². The molecule has 1 aliphatic heterocycles. The second-order valence-corrected chi connectivity index (χ2v) is 36.3. The predicted octanol–water partition coefficient (Wildman–Crippen LogP) is 25.0. The summed E-state index contributed by atoms with van der Waals surface area (Å²) in [5, 5.41) is 5.48. The number of carbonyl (C=O) groups excluding carboxylic acids is 6. The molecule has 111 heavy (non-hydrogen) atoms. The molecule has 1 fully saturated rings. The van der Waals surface area contributed by atoms with Crippen LogP contribution in [0.4, 0.5) is 9.59 Å². The van der Waals surface area contributed by atoms with Crippen LogP contribution in [0.1, 0.15) is 337 Å². The highest BCUT2D eigenvalue weighted by Gasteiger charge is 2.55. The topological polar surface area (TPSA) is 245 Å². The molecule has 2 amide bonds. The Bertz CT molecular complexity index is 2760. The summed E-state index contributed by atoms with van der Waals surface area (Å²) in [5.74, 6) is -2.34. The number of rotatable bonds is 66. The predicted molar refractivity (Wildman–Crippen MR) is 444 cm³/mol. The largest absolute Gasteiger partial charge is 0.588 e. The fraction of sp³-hybridized carbons (Fsp3) is 0.786. The number of benzene rings is 2. The van der Waals surface area contributed by atoms with Crippen molar-refractivity contribution in [2.45, 2.75) is 393 Å². The SMILES string of the molecule is CCCCCCCCCCCCCC(=O)O[C@H](CCCCCCCCCCC)CC(=O)NCCO[C@@H]1O[C@H](COC(=O)OC(C)(C)C(Cl)(Cl)Cl)[C@@H](OP(=O)(Oc2ccccc2)Oc2ccccc2)[C@H](OC(=O)C[C@@H](CCCCCCCCCCC)OC(=O)CCCCCCCCCCCCC)[C@H]1NC(=O)OCC(Cl)(Cl)Cl. The highest BCUT2D eigenvalue weighted by Crippen LogP contribution is 2.53. The lowest BCUT2D eigenvalue weighted by atomic mass is 9.96. The molecule has 3 rings (SSSR count). The van der Waals surface area contributed by atoms with Crippen LogP contribution in [0.15, 0.2) is 60.7 Å². The second kappa shape index (κ2) is 61.6. The molecular formula is C84H137Cl6N2O18P. The molecule has 638 valence electrons. The van der Waals surface area contributed by atoms with Gasteiger partial charge in [-0.05, 0) is 76.6 Å². The summed E-state index contributed by atoms with van der Waals surface area (Å²) in [5.41, 5.74) is -1.81. The van der Waals surface area contributed by atoms with Crippen LogP contribution in [0.3, 0.4) is 0 Å². The standard InChI is InChI=1S/C84H137Cl6N2O18P/c1-7-11-15-19-23-27-29-33-37-41-51-59-73(94)103-69(57-45-39-35-31-25-21-17-13-9-3)63-72(93)91-61-62-100-79-76(92-80(97)102-66-83(85,86)87)78(106-75(96)64-70(58-46-40-36-32-26-22-18-14-10-4)104-74(95)60-52-42-38-34-30-28-24-20-16-12-8-2)77(71(105-79)65-101-81(98)107-82(5,6)84(88,89)90)110-111(99,108-67-53-47-43-48-54-67)109-68-55-49-44-50-56-68/h43-44,47-50,53-56,69-71,76-79H,7-42,45-46,51-52,57-66H2,1-6H3,(H,91,93)(H,92,97)/t69-,70-,71-,76-,77-,78-,79-/m1/s1. The molecule has 1 aliphatic rings. The third-order valence-corrected chi connectivity index (χ3v) is 22.5. The maximum absolute atomic E-state index is 15.8. The number of ether oxygens (including phenoxy) is 8. The number of alkyl carbamates (subject to hydrolysis) is 1. The molecular weight excluding hydrogens is 1570 g/mol. The first kappa shape index (κ1) is 102. The Kier molecular flexibility index (Phi) is 56.4. The van der Waals surface area contributed by atoms with Crippen LogP contribution in [-0.2, 0) is 66.2 Å². The van der Waals surface area contributed by atoms with Gasteiger partial charge in [-0.1, -0.05) is 365 Å². The number of unbranched alkanes of at least 4 members (excludes halogenated alkanes) is 36. The first-order valence-corrected chi connectivity index (χ1v) is 45.9. The minimum atomic E-state index is -5.15. The zero-order chi connectivity index (χ0) is 81.3. The number of nitrogens with one attached hydrogen (secondary N) is 2. The fourth-order valence-corrected chi connectivity index (χ4v) is 14.7. The monoisotopic (exact) mass is 1700 g/mol. The molecule has 2 aromatic rings. The summed E-state index contributed by atoms with van der Waals surface area (Å²) in [6.07, 6.45) is 31.7. The van der Waals surface area contributed by atoms with Gasteiger partial charge in [0.05, 0.1) is 19.4 Å². The van der Waals surface area contributed by atoms with E-state index in [4.69, 9.17) is 121 Å². The zero-order valence-electron chi connectivity index (χ0n) is 67.7. The van der Waals surface area contributed by atoms with Crippen molar-refractivity contribution in [3.63, 3.8) is 0 Å². The highest BCUT2D eigenvalue weighted by molar-refractivity contribution is 7.49. The third kappa shape index (κ3) is 50.5. The van der Waals surface area contributed by atoms with Gasteiger partial charge < -0.3 is 57.6 Å². The number of amides is 2. The van der Waals surface area contributed by atoms with Gasteiger partial charge in [0.2, 0.25) is 13.5 Å². The van der Waals surface area contributed by atoms with Crippen molar-refractivity contribution >= 4 is 113 Å². The number of alkyl halides is 6. The Balaban J connectivity index is 2.12. The molecule has 2 N–H and O–H groups in total. The molecule has 2 aromatic carbocycles. The van der Waals surface area contributed by atoms with Crippen LogP contribution >= 0.6 is 77.4 Å². The normalized spacial score (nSPS) is 16.6. The number of carbonyl (C=O) groups is 6. The van der Waals surface area contributed by atoms with Crippen molar-refractivity contribution in [2.24, 2.45) is 0 Å². The first-order valence-electron chi connectivity index (χ1n) is 42.1. The minimum absolute atomic E-state index is 0.0116. The molecule has 0 bridgehead atoms. The number of esters is 3. The average molecular weight is 1710 g/mol. The molecule has 0 unspecified atom stereocenters. The summed E-state index contributed by atoms with van der Waals surface area (Å²) in [6.45, 7) is 9.15. The van der Waals surface area contributed by atoms with E-state index in [1.54, 1.807) is 36.4 Å². The van der Waals surface area contributed by atoms with E-state index >= 15 is 9.36 Å². The van der Waals surface area contributed by atoms with Crippen LogP contribution in [0.2, 0.25) is 0 Å². The number of hydrogen-bond donors (Lipinski definition) is 2. The van der Waals surface area contributed by atoms with Gasteiger partial charge in [-0.2, -0.15) is 0 Å². The van der Waals surface area contributed by atoms with Crippen LogP contribution in [-0.4, -0.2) is 118 Å². The van der Waals surface area contributed by atoms with Gasteiger partial charge in [-0.15, -0.1) is 0 Å². The van der Waals surface area contributed by atoms with E-state index in [1.165, 1.54) is 160 Å². The Morgan fingerprint density at radius 2 is 0.874 bits per heavy atom. The van der Waals surface area contributed by atoms with E-state index in [0.717, 1.165) is 116 Å². The van der Waals surface area contributed by atoms with Crippen LogP contribution in [0, 0.1) is 0 Å². The number of halogens is 6. The van der Waals surface area contributed by atoms with Crippen molar-refractivity contribution in [1.82, 2.24) is 10.6 Å². The van der Waals surface area contributed by atoms with Gasteiger partial charge in [0, 0.05) is 19.4 Å². The molecule has 27 heteroatoms. The third-order valence-electron chi connectivity index (χ3n) is 19.5. The number of phosphoric acid groups is 1. The van der Waals surface area contributed by atoms with E-state index in [-0.39, 0.29) is 56.3 Å². The second-order valence-electron chi connectivity index (χ2n) is 30.0.